The van der Waals surface area contributed by atoms with Gasteiger partial charge in [0.1, 0.15) is 0 Å². The molecule has 0 amide bonds. The first-order valence-electron chi connectivity index (χ1n) is 3.59. The molecule has 0 unspecified atom stereocenters. The SMILES string of the molecule is Cn1ncc(N)c1-c1ccoc1. The zero-order chi connectivity index (χ0) is 8.55. The summed E-state index contributed by atoms with van der Waals surface area (Å²) >= 11 is 0. The van der Waals surface area contributed by atoms with E-state index < -0.39 is 0 Å². The van der Waals surface area contributed by atoms with Crippen LogP contribution < -0.4 is 5.73 Å². The Hall–Kier alpha value is -1.71. The predicted molar refractivity (Wildman–Crippen MR) is 45.3 cm³/mol. The zero-order valence-electron chi connectivity index (χ0n) is 6.69. The summed E-state index contributed by atoms with van der Waals surface area (Å²) in [6.45, 7) is 0. The quantitative estimate of drug-likeness (QED) is 0.688. The van der Waals surface area contributed by atoms with Crippen molar-refractivity contribution in [3.05, 3.63) is 24.8 Å². The summed E-state index contributed by atoms with van der Waals surface area (Å²) in [6, 6.07) is 1.85. The van der Waals surface area contributed by atoms with Gasteiger partial charge in [0.2, 0.25) is 0 Å². The number of rotatable bonds is 1. The van der Waals surface area contributed by atoms with Crippen molar-refractivity contribution in [1.82, 2.24) is 9.78 Å². The Morgan fingerprint density at radius 3 is 2.92 bits per heavy atom. The minimum absolute atomic E-state index is 0.666. The molecule has 0 aliphatic heterocycles. The van der Waals surface area contributed by atoms with Gasteiger partial charge in [-0.25, -0.2) is 0 Å². The van der Waals surface area contributed by atoms with E-state index in [0.29, 0.717) is 5.69 Å². The average molecular weight is 163 g/mol. The monoisotopic (exact) mass is 163 g/mol. The third-order valence-electron chi connectivity index (χ3n) is 1.76. The molecule has 0 bridgehead atoms. The van der Waals surface area contributed by atoms with E-state index in [1.807, 2.05) is 13.1 Å². The smallest absolute Gasteiger partial charge is 0.0997 e. The zero-order valence-corrected chi connectivity index (χ0v) is 6.69. The first-order chi connectivity index (χ1) is 5.79. The first-order valence-corrected chi connectivity index (χ1v) is 3.59. The third-order valence-corrected chi connectivity index (χ3v) is 1.76. The van der Waals surface area contributed by atoms with Crippen molar-refractivity contribution in [1.29, 1.82) is 0 Å². The van der Waals surface area contributed by atoms with Crippen molar-refractivity contribution < 1.29 is 4.42 Å². The molecule has 4 heteroatoms. The van der Waals surface area contributed by atoms with E-state index in [1.165, 1.54) is 0 Å². The second-order valence-corrected chi connectivity index (χ2v) is 2.58. The molecule has 62 valence electrons. The Balaban J connectivity index is 2.60. The van der Waals surface area contributed by atoms with Crippen LogP contribution in [0.2, 0.25) is 0 Å². The maximum Gasteiger partial charge on any atom is 0.0997 e. The highest BCUT2D eigenvalue weighted by Gasteiger charge is 2.08. The number of hydrogen-bond acceptors (Lipinski definition) is 3. The lowest BCUT2D eigenvalue weighted by Crippen LogP contribution is -1.94. The van der Waals surface area contributed by atoms with E-state index in [0.717, 1.165) is 11.3 Å². The van der Waals surface area contributed by atoms with Crippen LogP contribution in [0.5, 0.6) is 0 Å². The van der Waals surface area contributed by atoms with E-state index in [-0.39, 0.29) is 0 Å². The van der Waals surface area contributed by atoms with Gasteiger partial charge >= 0.3 is 0 Å². The van der Waals surface area contributed by atoms with Gasteiger partial charge in [0.15, 0.2) is 0 Å². The van der Waals surface area contributed by atoms with Gasteiger partial charge in [-0.2, -0.15) is 5.10 Å². The minimum atomic E-state index is 0.666. The van der Waals surface area contributed by atoms with Crippen LogP contribution in [0.1, 0.15) is 0 Å². The van der Waals surface area contributed by atoms with E-state index in [2.05, 4.69) is 5.10 Å². The lowest BCUT2D eigenvalue weighted by atomic mass is 10.2. The first kappa shape index (κ1) is 6.97. The minimum Gasteiger partial charge on any atom is -0.472 e. The molecule has 2 N–H and O–H groups in total. The summed E-state index contributed by atoms with van der Waals surface area (Å²) in [4.78, 5) is 0. The summed E-state index contributed by atoms with van der Waals surface area (Å²) in [5.41, 5.74) is 8.22. The number of furan rings is 1. The predicted octanol–water partition coefficient (Wildman–Crippen LogP) is 1.26. The van der Waals surface area contributed by atoms with Crippen molar-refractivity contribution in [2.45, 2.75) is 0 Å². The van der Waals surface area contributed by atoms with Crippen LogP contribution in [0.3, 0.4) is 0 Å². The fourth-order valence-electron chi connectivity index (χ4n) is 1.21. The number of aromatic nitrogens is 2. The van der Waals surface area contributed by atoms with Crippen molar-refractivity contribution in [2.75, 3.05) is 5.73 Å². The van der Waals surface area contributed by atoms with Crippen molar-refractivity contribution in [3.63, 3.8) is 0 Å². The molecule has 0 atom stereocenters. The average Bonchev–Trinajstić information content (AvgIpc) is 2.61. The second-order valence-electron chi connectivity index (χ2n) is 2.58. The normalized spacial score (nSPS) is 10.4. The standard InChI is InChI=1S/C8H9N3O/c1-11-8(7(9)4-10-11)6-2-3-12-5-6/h2-5H,9H2,1H3. The number of nitrogens with two attached hydrogens (primary N) is 1. The summed E-state index contributed by atoms with van der Waals surface area (Å²) in [5.74, 6) is 0. The van der Waals surface area contributed by atoms with Crippen LogP contribution in [0, 0.1) is 0 Å². The summed E-state index contributed by atoms with van der Waals surface area (Å²) in [6.07, 6.45) is 4.89. The third kappa shape index (κ3) is 0.887. The van der Waals surface area contributed by atoms with Crippen LogP contribution in [-0.2, 0) is 7.05 Å². The fourth-order valence-corrected chi connectivity index (χ4v) is 1.21. The molecule has 2 aromatic heterocycles. The molecule has 2 aromatic rings. The highest BCUT2D eigenvalue weighted by Crippen LogP contribution is 2.24. The molecule has 0 saturated carbocycles. The Morgan fingerprint density at radius 2 is 2.42 bits per heavy atom. The molecule has 0 saturated heterocycles. The molecular weight excluding hydrogens is 154 g/mol. The van der Waals surface area contributed by atoms with Crippen molar-refractivity contribution in [2.24, 2.45) is 7.05 Å². The van der Waals surface area contributed by atoms with E-state index in [9.17, 15) is 0 Å². The van der Waals surface area contributed by atoms with Crippen LogP contribution >= 0.6 is 0 Å². The van der Waals surface area contributed by atoms with Crippen molar-refractivity contribution >= 4 is 5.69 Å². The topological polar surface area (TPSA) is 57.0 Å². The van der Waals surface area contributed by atoms with Crippen LogP contribution in [0.4, 0.5) is 5.69 Å². The van der Waals surface area contributed by atoms with Gasteiger partial charge in [0, 0.05) is 12.6 Å². The van der Waals surface area contributed by atoms with Gasteiger partial charge in [0.05, 0.1) is 30.1 Å². The van der Waals surface area contributed by atoms with Crippen LogP contribution in [-0.4, -0.2) is 9.78 Å². The summed E-state index contributed by atoms with van der Waals surface area (Å²) < 4.78 is 6.67. The number of nitrogens with zero attached hydrogens (tertiary/aromatic N) is 2. The van der Waals surface area contributed by atoms with Gasteiger partial charge in [-0.05, 0) is 6.07 Å². The number of anilines is 1. The van der Waals surface area contributed by atoms with Crippen LogP contribution in [0.15, 0.2) is 29.2 Å². The van der Waals surface area contributed by atoms with Gasteiger partial charge in [-0.1, -0.05) is 0 Å². The maximum atomic E-state index is 5.71. The molecule has 0 spiro atoms. The van der Waals surface area contributed by atoms with E-state index >= 15 is 0 Å². The van der Waals surface area contributed by atoms with Crippen LogP contribution in [0.25, 0.3) is 11.3 Å². The second kappa shape index (κ2) is 2.41. The van der Waals surface area contributed by atoms with Gasteiger partial charge in [-0.3, -0.25) is 4.68 Å². The van der Waals surface area contributed by atoms with E-state index in [4.69, 9.17) is 10.2 Å². The van der Waals surface area contributed by atoms with Gasteiger partial charge in [-0.15, -0.1) is 0 Å². The van der Waals surface area contributed by atoms with Gasteiger partial charge in [0.25, 0.3) is 0 Å². The molecule has 0 fully saturated rings. The Kier molecular flexibility index (Phi) is 1.40. The number of nitrogen functional groups attached to an aromatic ring is 1. The molecule has 0 aliphatic rings. The Labute approximate surface area is 69.6 Å². The maximum absolute atomic E-state index is 5.71. The molecule has 12 heavy (non-hydrogen) atoms. The Morgan fingerprint density at radius 1 is 1.58 bits per heavy atom. The Bertz CT molecular complexity index is 355. The lowest BCUT2D eigenvalue weighted by Gasteiger charge is -1.97. The molecule has 2 heterocycles. The highest BCUT2D eigenvalue weighted by atomic mass is 16.3. The lowest BCUT2D eigenvalue weighted by molar-refractivity contribution is 0.567. The summed E-state index contributed by atoms with van der Waals surface area (Å²) in [5, 5.41) is 4.02. The molecule has 4 nitrogen and oxygen atoms in total. The van der Waals surface area contributed by atoms with Gasteiger partial charge < -0.3 is 10.2 Å². The highest BCUT2D eigenvalue weighted by molar-refractivity contribution is 5.71. The van der Waals surface area contributed by atoms with E-state index in [1.54, 1.807) is 23.4 Å². The summed E-state index contributed by atoms with van der Waals surface area (Å²) in [7, 11) is 1.85. The van der Waals surface area contributed by atoms with Crippen molar-refractivity contribution in [3.8, 4) is 11.3 Å². The molecular formula is C8H9N3O. The molecule has 0 aromatic carbocycles. The molecule has 0 radical (unpaired) electrons. The largest absolute Gasteiger partial charge is 0.472 e. The molecule has 2 rings (SSSR count). The fraction of sp³-hybridized carbons (Fsp3) is 0.125. The number of aryl methyl sites for hydroxylation is 1. The number of hydrogen-bond donors (Lipinski definition) is 1. The molecule has 0 aliphatic carbocycles.